The summed E-state index contributed by atoms with van der Waals surface area (Å²) in [6.07, 6.45) is 0. The minimum Gasteiger partial charge on any atom is -0.309 e. The van der Waals surface area contributed by atoms with E-state index < -0.39 is 0 Å². The van der Waals surface area contributed by atoms with E-state index >= 15 is 0 Å². The van der Waals surface area contributed by atoms with E-state index in [-0.39, 0.29) is 34.5 Å². The van der Waals surface area contributed by atoms with Gasteiger partial charge >= 0.3 is 0 Å². The molecular weight excluding hydrogens is 1790 g/mol. The van der Waals surface area contributed by atoms with Crippen molar-refractivity contribution in [2.75, 3.05) is 19.6 Å². The van der Waals surface area contributed by atoms with Gasteiger partial charge in [-0.2, -0.15) is 0 Å². The Labute approximate surface area is 878 Å². The number of benzene rings is 22. The molecule has 0 saturated heterocycles. The molecule has 0 saturated carbocycles. The molecular formula is C144H136N4. The van der Waals surface area contributed by atoms with Crippen LogP contribution in [0, 0.1) is 55.4 Å². The number of aryl methyl sites for hydroxylation is 8. The Balaban J connectivity index is 0.000000174. The minimum absolute atomic E-state index is 0.0416. The van der Waals surface area contributed by atoms with Gasteiger partial charge in [-0.05, 0) is 350 Å². The highest BCUT2D eigenvalue weighted by Crippen LogP contribution is 2.58. The standard InChI is InChI=1S/C74H64N2.C70H72N2/c1-47(2)65-45-71(75(67-41-57(33-29-49(67)5)53-21-13-9-14-22-53)68-42-58(34-30-50(68)6)54-23-15-10-16-24-54)63-40-38-62-66(48(3)4)46-72(64-39-37-61(65)73(63)74(62)64)76(69-43-59(35-31-51(69)7)55-25-17-11-18-26-55)70-44-60(36-32-52(70)8)56-27-19-12-20-28-56;1-43(2)59-41-65(71(63-39-53(69(9,10)11)31-27-47(63)7)61-37-51(29-25-45(61)5)49-21-17-15-18-22-49)57-36-34-56-60(44(3)4)42-66(58-35-33-55(59)67(57)68(56)58)72(64-40-54(70(12,13)14)32-28-48(64)8)62-38-52(30-26-46(62)6)50-23-19-16-20-24-50/h9-48H,1-8H3;15-44H,1-14H3. The molecule has 0 N–H and O–H groups in total. The molecule has 148 heavy (non-hydrogen) atoms. The second kappa shape index (κ2) is 39.8. The van der Waals surface area contributed by atoms with Gasteiger partial charge in [0.2, 0.25) is 0 Å². The number of rotatable bonds is 22. The molecule has 0 aliphatic carbocycles. The topological polar surface area (TPSA) is 13.0 Å². The fourth-order valence-electron chi connectivity index (χ4n) is 22.8. The number of nitrogens with zero attached hydrogens (tertiary/aromatic N) is 4. The van der Waals surface area contributed by atoms with Crippen LogP contribution >= 0.6 is 0 Å². The normalized spacial score (nSPS) is 12.0. The predicted molar refractivity (Wildman–Crippen MR) is 643 cm³/mol. The zero-order valence-electron chi connectivity index (χ0n) is 90.2. The molecule has 0 spiro atoms. The largest absolute Gasteiger partial charge is 0.309 e. The van der Waals surface area contributed by atoms with Crippen molar-refractivity contribution in [3.8, 4) is 66.8 Å². The summed E-state index contributed by atoms with van der Waals surface area (Å²) in [5.41, 5.74) is 46.3. The average molecular weight is 1920 g/mol. The summed E-state index contributed by atoms with van der Waals surface area (Å²) in [6, 6.07) is 151. The molecule has 22 aromatic rings. The van der Waals surface area contributed by atoms with Gasteiger partial charge in [0, 0.05) is 67.0 Å². The smallest absolute Gasteiger partial charge is 0.0543 e. The summed E-state index contributed by atoms with van der Waals surface area (Å²) >= 11 is 0. The quantitative estimate of drug-likeness (QED) is 0.0627. The highest BCUT2D eigenvalue weighted by molar-refractivity contribution is 6.32. The first-order valence-corrected chi connectivity index (χ1v) is 53.3. The molecule has 0 bridgehead atoms. The van der Waals surface area contributed by atoms with Crippen LogP contribution in [0.1, 0.15) is 198 Å². The molecule has 0 aliphatic heterocycles. The van der Waals surface area contributed by atoms with E-state index in [4.69, 9.17) is 0 Å². The lowest BCUT2D eigenvalue weighted by Crippen LogP contribution is -2.17. The molecule has 0 aliphatic rings. The Hall–Kier alpha value is -15.9. The van der Waals surface area contributed by atoms with Gasteiger partial charge in [0.25, 0.3) is 0 Å². The van der Waals surface area contributed by atoms with Crippen LogP contribution in [-0.2, 0) is 10.8 Å². The molecule has 0 fully saturated rings. The van der Waals surface area contributed by atoms with Crippen molar-refractivity contribution in [1.29, 1.82) is 0 Å². The Bertz CT molecular complexity index is 8050. The maximum Gasteiger partial charge on any atom is 0.0543 e. The van der Waals surface area contributed by atoms with E-state index in [1.807, 2.05) is 0 Å². The van der Waals surface area contributed by atoms with E-state index in [9.17, 15) is 0 Å². The maximum absolute atomic E-state index is 2.61. The van der Waals surface area contributed by atoms with E-state index in [2.05, 4.69) is 572 Å². The molecule has 0 heterocycles. The first kappa shape index (κ1) is 98.2. The average Bonchev–Trinajstić information content (AvgIpc) is 0.704. The van der Waals surface area contributed by atoms with E-state index in [0.717, 1.165) is 22.7 Å². The van der Waals surface area contributed by atoms with Crippen LogP contribution in [0.25, 0.3) is 131 Å². The minimum atomic E-state index is -0.0416. The van der Waals surface area contributed by atoms with Crippen LogP contribution < -0.4 is 19.6 Å². The van der Waals surface area contributed by atoms with Gasteiger partial charge in [-0.1, -0.05) is 425 Å². The van der Waals surface area contributed by atoms with Crippen molar-refractivity contribution >= 4 is 133 Å². The van der Waals surface area contributed by atoms with Gasteiger partial charge < -0.3 is 19.6 Å². The summed E-state index contributed by atoms with van der Waals surface area (Å²) in [5.74, 6) is 1.01. The van der Waals surface area contributed by atoms with Crippen LogP contribution in [-0.4, -0.2) is 0 Å². The second-order valence-electron chi connectivity index (χ2n) is 44.7. The Morgan fingerprint density at radius 1 is 0.149 bits per heavy atom. The molecule has 22 aromatic carbocycles. The monoisotopic (exact) mass is 1920 g/mol. The number of hydrogen-bond donors (Lipinski definition) is 0. The van der Waals surface area contributed by atoms with Crippen molar-refractivity contribution < 1.29 is 0 Å². The molecule has 0 amide bonds. The molecule has 4 nitrogen and oxygen atoms in total. The van der Waals surface area contributed by atoms with E-state index in [0.29, 0.717) is 0 Å². The number of anilines is 12. The van der Waals surface area contributed by atoms with Crippen molar-refractivity contribution in [2.45, 2.75) is 187 Å². The zero-order valence-corrected chi connectivity index (χ0v) is 90.2. The number of hydrogen-bond acceptors (Lipinski definition) is 4. The van der Waals surface area contributed by atoms with Gasteiger partial charge in [0.05, 0.1) is 22.7 Å². The predicted octanol–water partition coefficient (Wildman–Crippen LogP) is 42.6. The summed E-state index contributed by atoms with van der Waals surface area (Å²) in [7, 11) is 0. The molecule has 4 heteroatoms. The SMILES string of the molecule is Cc1ccc(-c2ccccc2)cc1N(c1cc(-c2ccccc2)ccc1C)c1cc(C(C)C)c2ccc3c(N(c4cc(-c5ccccc5)ccc4C)c4cc(-c5ccccc5)ccc4C)cc(C(C)C)c4ccc1c2c43.Cc1ccc(-c2ccccc2)cc1N(c1cc(C(C)(C)C)ccc1C)c1cc(C(C)C)c2ccc3c(N(c4cc(-c5ccccc5)ccc4C)c4cc(C(C)(C)C)ccc4C)cc(C(C)C)c4ccc1c2c43. The van der Waals surface area contributed by atoms with Gasteiger partial charge in [-0.3, -0.25) is 0 Å². The van der Waals surface area contributed by atoms with E-state index in [1.54, 1.807) is 0 Å². The zero-order chi connectivity index (χ0) is 103. The summed E-state index contributed by atoms with van der Waals surface area (Å²) in [4.78, 5) is 10.4. The van der Waals surface area contributed by atoms with Crippen molar-refractivity contribution in [2.24, 2.45) is 0 Å². The fraction of sp³-hybridized carbons (Fsp3) is 0.194. The molecule has 0 radical (unpaired) electrons. The third-order valence-electron chi connectivity index (χ3n) is 31.3. The fourth-order valence-corrected chi connectivity index (χ4v) is 22.8. The van der Waals surface area contributed by atoms with Crippen LogP contribution in [0.2, 0.25) is 0 Å². The summed E-state index contributed by atoms with van der Waals surface area (Å²) in [6.45, 7) is 51.1. The first-order valence-electron chi connectivity index (χ1n) is 53.3. The Morgan fingerprint density at radius 3 is 0.466 bits per heavy atom. The van der Waals surface area contributed by atoms with Crippen molar-refractivity contribution in [1.82, 2.24) is 0 Å². The van der Waals surface area contributed by atoms with Gasteiger partial charge in [0.1, 0.15) is 0 Å². The van der Waals surface area contributed by atoms with Crippen LogP contribution in [0.3, 0.4) is 0 Å². The molecule has 22 rings (SSSR count). The van der Waals surface area contributed by atoms with Crippen molar-refractivity contribution in [3.05, 3.63) is 478 Å². The van der Waals surface area contributed by atoms with Crippen LogP contribution in [0.15, 0.2) is 400 Å². The Morgan fingerprint density at radius 2 is 0.304 bits per heavy atom. The van der Waals surface area contributed by atoms with Crippen LogP contribution in [0.5, 0.6) is 0 Å². The molecule has 0 atom stereocenters. The third kappa shape index (κ3) is 18.3. The highest BCUT2D eigenvalue weighted by atomic mass is 15.2. The van der Waals surface area contributed by atoms with Gasteiger partial charge in [-0.25, -0.2) is 0 Å². The Kier molecular flexibility index (Phi) is 26.4. The first-order chi connectivity index (χ1) is 71.3. The van der Waals surface area contributed by atoms with Crippen molar-refractivity contribution in [3.63, 3.8) is 0 Å². The maximum atomic E-state index is 2.61. The highest BCUT2D eigenvalue weighted by Gasteiger charge is 2.34. The van der Waals surface area contributed by atoms with Gasteiger partial charge in [0.15, 0.2) is 0 Å². The third-order valence-corrected chi connectivity index (χ3v) is 31.3. The lowest BCUT2D eigenvalue weighted by atomic mass is 9.83. The lowest BCUT2D eigenvalue weighted by Gasteiger charge is -2.34. The molecule has 0 unspecified atom stereocenters. The van der Waals surface area contributed by atoms with E-state index in [1.165, 1.54) is 255 Å². The summed E-state index contributed by atoms with van der Waals surface area (Å²) < 4.78 is 0. The van der Waals surface area contributed by atoms with Crippen LogP contribution in [0.4, 0.5) is 68.2 Å². The second-order valence-corrected chi connectivity index (χ2v) is 44.7. The lowest BCUT2D eigenvalue weighted by molar-refractivity contribution is 0.590. The molecule has 0 aromatic heterocycles. The van der Waals surface area contributed by atoms with Gasteiger partial charge in [-0.15, -0.1) is 0 Å². The summed E-state index contributed by atoms with van der Waals surface area (Å²) in [5, 5.41) is 15.5. The molecule has 732 valence electrons.